The maximum atomic E-state index is 12.4. The van der Waals surface area contributed by atoms with Crippen molar-refractivity contribution in [2.45, 2.75) is 24.9 Å². The van der Waals surface area contributed by atoms with Crippen molar-refractivity contribution < 1.29 is 24.5 Å². The lowest BCUT2D eigenvalue weighted by Gasteiger charge is -2.17. The number of hydrogen-bond donors (Lipinski definition) is 3. The molecule has 0 fully saturated rings. The predicted molar refractivity (Wildman–Crippen MR) is 118 cm³/mol. The molecule has 1 aromatic heterocycles. The van der Waals surface area contributed by atoms with Crippen molar-refractivity contribution in [1.29, 1.82) is 0 Å². The summed E-state index contributed by atoms with van der Waals surface area (Å²) in [6, 6.07) is 9.82. The molecule has 0 saturated heterocycles. The summed E-state index contributed by atoms with van der Waals surface area (Å²) in [7, 11) is 0. The van der Waals surface area contributed by atoms with Gasteiger partial charge in [-0.3, -0.25) is 29.6 Å². The van der Waals surface area contributed by atoms with Crippen molar-refractivity contribution in [2.75, 3.05) is 0 Å². The van der Waals surface area contributed by atoms with Crippen LogP contribution in [0.1, 0.15) is 11.3 Å². The Hall–Kier alpha value is -4.65. The smallest absolute Gasteiger partial charge is 0.326 e. The summed E-state index contributed by atoms with van der Waals surface area (Å²) < 4.78 is 1.25. The van der Waals surface area contributed by atoms with Crippen LogP contribution in [0, 0.1) is 20.2 Å². The average molecular weight is 468 g/mol. The fourth-order valence-electron chi connectivity index (χ4n) is 3.24. The van der Waals surface area contributed by atoms with E-state index in [2.05, 4.69) is 10.3 Å². The van der Waals surface area contributed by atoms with Crippen LogP contribution in [0.5, 0.6) is 0 Å². The van der Waals surface area contributed by atoms with E-state index in [1.165, 1.54) is 23.2 Å². The molecule has 0 unspecified atom stereocenters. The number of nitrogens with two attached hydrogens (primary N) is 1. The van der Waals surface area contributed by atoms with Gasteiger partial charge in [0.25, 0.3) is 11.4 Å². The molecule has 0 aliphatic rings. The van der Waals surface area contributed by atoms with Crippen LogP contribution < -0.4 is 11.1 Å². The highest BCUT2D eigenvalue weighted by Gasteiger charge is 2.26. The normalized spacial score (nSPS) is 12.5. The molecule has 34 heavy (non-hydrogen) atoms. The number of nitro groups is 2. The summed E-state index contributed by atoms with van der Waals surface area (Å²) in [6.07, 6.45) is 2.57. The van der Waals surface area contributed by atoms with E-state index in [4.69, 9.17) is 5.73 Å². The summed E-state index contributed by atoms with van der Waals surface area (Å²) in [5.74, 6) is -1.96. The van der Waals surface area contributed by atoms with Gasteiger partial charge in [0.05, 0.1) is 34.0 Å². The summed E-state index contributed by atoms with van der Waals surface area (Å²) in [5.41, 5.74) is 5.99. The summed E-state index contributed by atoms with van der Waals surface area (Å²) >= 11 is 0. The lowest BCUT2D eigenvalue weighted by atomic mass is 10.1. The number of carbonyl (C=O) groups excluding carboxylic acids is 1. The minimum atomic E-state index is -1.34. The van der Waals surface area contributed by atoms with Gasteiger partial charge in [-0.05, 0) is 18.1 Å². The quantitative estimate of drug-likeness (QED) is 0.290. The van der Waals surface area contributed by atoms with E-state index in [0.29, 0.717) is 0 Å². The van der Waals surface area contributed by atoms with E-state index < -0.39 is 45.2 Å². The zero-order chi connectivity index (χ0) is 24.8. The van der Waals surface area contributed by atoms with E-state index >= 15 is 0 Å². The van der Waals surface area contributed by atoms with Crippen LogP contribution in [-0.4, -0.2) is 48.5 Å². The minimum absolute atomic E-state index is 0.00939. The molecule has 0 radical (unpaired) electrons. The number of carbonyl (C=O) groups is 2. The maximum Gasteiger partial charge on any atom is 0.326 e. The third-order valence-corrected chi connectivity index (χ3v) is 4.94. The first-order chi connectivity index (χ1) is 16.2. The van der Waals surface area contributed by atoms with E-state index in [-0.39, 0.29) is 24.2 Å². The Morgan fingerprint density at radius 3 is 2.41 bits per heavy atom. The van der Waals surface area contributed by atoms with Gasteiger partial charge in [0.2, 0.25) is 5.91 Å². The molecule has 176 valence electrons. The van der Waals surface area contributed by atoms with Gasteiger partial charge in [0.1, 0.15) is 11.7 Å². The number of imidazole rings is 1. The molecule has 2 aromatic carbocycles. The van der Waals surface area contributed by atoms with Crippen LogP contribution in [0.25, 0.3) is 5.69 Å². The number of nitro benzene ring substituents is 2. The highest BCUT2D eigenvalue weighted by atomic mass is 16.6. The number of amides is 1. The molecule has 1 heterocycles. The minimum Gasteiger partial charge on any atom is -0.480 e. The number of hydrogen-bond acceptors (Lipinski definition) is 8. The highest BCUT2D eigenvalue weighted by molar-refractivity contribution is 5.87. The van der Waals surface area contributed by atoms with Crippen LogP contribution >= 0.6 is 0 Å². The van der Waals surface area contributed by atoms with Crippen molar-refractivity contribution in [1.82, 2.24) is 14.9 Å². The molecule has 0 aliphatic heterocycles. The van der Waals surface area contributed by atoms with Crippen LogP contribution in [0.2, 0.25) is 0 Å². The molecule has 0 spiro atoms. The fourth-order valence-corrected chi connectivity index (χ4v) is 3.24. The number of nitrogens with zero attached hydrogens (tertiary/aromatic N) is 4. The second kappa shape index (κ2) is 10.3. The molecular formula is C21H20N6O7. The van der Waals surface area contributed by atoms with Crippen molar-refractivity contribution in [2.24, 2.45) is 5.73 Å². The zero-order valence-corrected chi connectivity index (χ0v) is 17.6. The number of benzene rings is 2. The first-order valence-corrected chi connectivity index (χ1v) is 9.94. The monoisotopic (exact) mass is 468 g/mol. The Bertz CT molecular complexity index is 1230. The summed E-state index contributed by atoms with van der Waals surface area (Å²) in [4.78, 5) is 49.0. The molecule has 13 nitrogen and oxygen atoms in total. The Balaban J connectivity index is 1.74. The van der Waals surface area contributed by atoms with Gasteiger partial charge in [0.15, 0.2) is 0 Å². The van der Waals surface area contributed by atoms with Gasteiger partial charge in [-0.2, -0.15) is 0 Å². The van der Waals surface area contributed by atoms with Crippen LogP contribution in [-0.2, 0) is 22.4 Å². The standard InChI is InChI=1S/C21H20N6O7/c22-16(8-13-4-2-1-3-5-13)20(28)24-17(21(29)30)9-14-11-25(12-23-14)18-7-6-15(26(31)32)10-19(18)27(33)34/h1-7,10-12,16-17H,8-9,22H2,(H,24,28)(H,29,30)/t16-,17-/m0/s1. The Labute approximate surface area is 192 Å². The molecule has 13 heteroatoms. The second-order valence-electron chi connectivity index (χ2n) is 7.36. The maximum absolute atomic E-state index is 12.4. The number of nitrogens with one attached hydrogen (secondary N) is 1. The number of non-ortho nitro benzene ring substituents is 1. The second-order valence-corrected chi connectivity index (χ2v) is 7.36. The first kappa shape index (κ1) is 24.0. The number of rotatable bonds is 10. The molecule has 4 N–H and O–H groups in total. The van der Waals surface area contributed by atoms with E-state index in [0.717, 1.165) is 17.7 Å². The number of carboxylic acids is 1. The third kappa shape index (κ3) is 5.77. The highest BCUT2D eigenvalue weighted by Crippen LogP contribution is 2.28. The molecule has 0 bridgehead atoms. The van der Waals surface area contributed by atoms with E-state index in [1.807, 2.05) is 6.07 Å². The Kier molecular flexibility index (Phi) is 7.28. The molecule has 3 aromatic rings. The molecule has 0 saturated carbocycles. The van der Waals surface area contributed by atoms with Crippen molar-refractivity contribution in [3.8, 4) is 5.69 Å². The van der Waals surface area contributed by atoms with Gasteiger partial charge in [0, 0.05) is 18.7 Å². The van der Waals surface area contributed by atoms with Crippen LogP contribution in [0.3, 0.4) is 0 Å². The van der Waals surface area contributed by atoms with Crippen molar-refractivity contribution in [3.63, 3.8) is 0 Å². The van der Waals surface area contributed by atoms with Gasteiger partial charge in [-0.15, -0.1) is 0 Å². The number of aromatic nitrogens is 2. The summed E-state index contributed by atoms with van der Waals surface area (Å²) in [6.45, 7) is 0. The summed E-state index contributed by atoms with van der Waals surface area (Å²) in [5, 5.41) is 34.2. The third-order valence-electron chi connectivity index (χ3n) is 4.94. The average Bonchev–Trinajstić information content (AvgIpc) is 3.27. The van der Waals surface area contributed by atoms with E-state index in [9.17, 15) is 34.9 Å². The lowest BCUT2D eigenvalue weighted by molar-refractivity contribution is -0.394. The number of carboxylic acid groups (broad SMARTS) is 1. The Morgan fingerprint density at radius 2 is 1.79 bits per heavy atom. The van der Waals surface area contributed by atoms with Crippen LogP contribution in [0.4, 0.5) is 11.4 Å². The van der Waals surface area contributed by atoms with Crippen molar-refractivity contribution >= 4 is 23.3 Å². The molecule has 1 amide bonds. The molecule has 2 atom stereocenters. The van der Waals surface area contributed by atoms with Gasteiger partial charge in [-0.25, -0.2) is 9.78 Å². The first-order valence-electron chi connectivity index (χ1n) is 9.94. The largest absolute Gasteiger partial charge is 0.480 e. The zero-order valence-electron chi connectivity index (χ0n) is 17.6. The van der Waals surface area contributed by atoms with E-state index in [1.54, 1.807) is 24.3 Å². The number of aliphatic carboxylic acids is 1. The predicted octanol–water partition coefficient (Wildman–Crippen LogP) is 1.37. The molecule has 3 rings (SSSR count). The van der Waals surface area contributed by atoms with Gasteiger partial charge in [-0.1, -0.05) is 30.3 Å². The lowest BCUT2D eigenvalue weighted by Crippen LogP contribution is -2.50. The fraction of sp³-hybridized carbons (Fsp3) is 0.190. The Morgan fingerprint density at radius 1 is 1.09 bits per heavy atom. The van der Waals surface area contributed by atoms with Crippen LogP contribution in [0.15, 0.2) is 61.1 Å². The van der Waals surface area contributed by atoms with Gasteiger partial charge < -0.3 is 16.2 Å². The molecule has 0 aliphatic carbocycles. The SMILES string of the molecule is N[C@@H](Cc1ccccc1)C(=O)N[C@@H](Cc1cn(-c2ccc([N+](=O)[O-])cc2[N+](=O)[O-])cn1)C(=O)O. The topological polar surface area (TPSA) is 197 Å². The van der Waals surface area contributed by atoms with Crippen molar-refractivity contribution in [3.05, 3.63) is 92.5 Å². The van der Waals surface area contributed by atoms with Gasteiger partial charge >= 0.3 is 5.97 Å². The molecular weight excluding hydrogens is 448 g/mol.